The fraction of sp³-hybridized carbons (Fsp3) is 0.833. The molecule has 7 nitrogen and oxygen atoms in total. The van der Waals surface area contributed by atoms with Gasteiger partial charge in [0.1, 0.15) is 6.04 Å². The average Bonchev–Trinajstić information content (AvgIpc) is 3.00. The van der Waals surface area contributed by atoms with Gasteiger partial charge < -0.3 is 20.6 Å². The van der Waals surface area contributed by atoms with Gasteiger partial charge in [-0.15, -0.1) is 0 Å². The van der Waals surface area contributed by atoms with E-state index < -0.39 is 12.0 Å². The molecule has 3 N–H and O–H groups in total. The van der Waals surface area contributed by atoms with Gasteiger partial charge in [-0.2, -0.15) is 0 Å². The van der Waals surface area contributed by atoms with Gasteiger partial charge in [0.05, 0.1) is 6.54 Å². The molecule has 3 fully saturated rings. The molecule has 3 aliphatic rings. The second-order valence-corrected chi connectivity index (χ2v) is 7.66. The average molecular weight is 351 g/mol. The van der Waals surface area contributed by atoms with Crippen LogP contribution in [0.2, 0.25) is 0 Å². The van der Waals surface area contributed by atoms with E-state index in [1.807, 2.05) is 0 Å². The Morgan fingerprint density at radius 1 is 0.960 bits per heavy atom. The molecular formula is C18H29N3O4. The maximum Gasteiger partial charge on any atom is 0.326 e. The molecule has 0 aromatic heterocycles. The molecule has 0 bridgehead atoms. The van der Waals surface area contributed by atoms with E-state index in [-0.39, 0.29) is 36.5 Å². The third kappa shape index (κ3) is 4.25. The van der Waals surface area contributed by atoms with Crippen molar-refractivity contribution in [2.45, 2.75) is 82.3 Å². The van der Waals surface area contributed by atoms with Crippen LogP contribution in [-0.4, -0.2) is 52.6 Å². The lowest BCUT2D eigenvalue weighted by atomic mass is 9.85. The number of aliphatic carboxylic acids is 1. The Morgan fingerprint density at radius 3 is 2.36 bits per heavy atom. The Kier molecular flexibility index (Phi) is 5.81. The van der Waals surface area contributed by atoms with E-state index in [0.717, 1.165) is 51.4 Å². The van der Waals surface area contributed by atoms with Gasteiger partial charge in [0, 0.05) is 12.1 Å². The number of rotatable bonds is 4. The van der Waals surface area contributed by atoms with Gasteiger partial charge in [0.2, 0.25) is 5.91 Å². The van der Waals surface area contributed by atoms with Crippen molar-refractivity contribution in [1.29, 1.82) is 0 Å². The molecule has 0 radical (unpaired) electrons. The zero-order valence-electron chi connectivity index (χ0n) is 14.7. The molecule has 3 amide bonds. The minimum Gasteiger partial charge on any atom is -0.480 e. The summed E-state index contributed by atoms with van der Waals surface area (Å²) in [5.41, 5.74) is 0. The highest BCUT2D eigenvalue weighted by Gasteiger charge is 2.47. The summed E-state index contributed by atoms with van der Waals surface area (Å²) in [7, 11) is 0. The number of amides is 3. The predicted molar refractivity (Wildman–Crippen MR) is 92.0 cm³/mol. The molecule has 7 heteroatoms. The Morgan fingerprint density at radius 2 is 1.64 bits per heavy atom. The van der Waals surface area contributed by atoms with Gasteiger partial charge in [-0.25, -0.2) is 9.59 Å². The van der Waals surface area contributed by atoms with Gasteiger partial charge in [0.15, 0.2) is 0 Å². The molecule has 3 atom stereocenters. The molecule has 0 aromatic rings. The molecule has 0 spiro atoms. The molecule has 1 saturated heterocycles. The lowest BCUT2D eigenvalue weighted by Gasteiger charge is -2.33. The zero-order chi connectivity index (χ0) is 17.8. The lowest BCUT2D eigenvalue weighted by molar-refractivity contribution is -0.149. The predicted octanol–water partition coefficient (Wildman–Crippen LogP) is 1.86. The molecule has 1 heterocycles. The number of carboxylic acids is 1. The smallest absolute Gasteiger partial charge is 0.326 e. The molecular weight excluding hydrogens is 322 g/mol. The van der Waals surface area contributed by atoms with E-state index >= 15 is 0 Å². The highest BCUT2D eigenvalue weighted by molar-refractivity contribution is 5.88. The number of fused-ring (bicyclic) bond motifs is 1. The highest BCUT2D eigenvalue weighted by atomic mass is 16.4. The molecule has 2 aliphatic carbocycles. The van der Waals surface area contributed by atoms with Gasteiger partial charge in [-0.3, -0.25) is 4.79 Å². The summed E-state index contributed by atoms with van der Waals surface area (Å²) in [5.74, 6) is -0.926. The molecule has 25 heavy (non-hydrogen) atoms. The van der Waals surface area contributed by atoms with E-state index in [4.69, 9.17) is 0 Å². The molecule has 1 aliphatic heterocycles. The fourth-order valence-corrected chi connectivity index (χ4v) is 4.77. The molecule has 2 saturated carbocycles. The van der Waals surface area contributed by atoms with Crippen LogP contribution in [0.4, 0.5) is 4.79 Å². The Hall–Kier alpha value is -1.79. The van der Waals surface area contributed by atoms with E-state index in [1.54, 1.807) is 0 Å². The summed E-state index contributed by atoms with van der Waals surface area (Å²) in [4.78, 5) is 37.8. The fourth-order valence-electron chi connectivity index (χ4n) is 4.77. The second-order valence-electron chi connectivity index (χ2n) is 7.66. The topological polar surface area (TPSA) is 98.7 Å². The number of nitrogens with one attached hydrogen (secondary N) is 2. The van der Waals surface area contributed by atoms with Crippen molar-refractivity contribution >= 4 is 17.9 Å². The Balaban J connectivity index is 1.53. The number of carboxylic acid groups (broad SMARTS) is 1. The first-order valence-electron chi connectivity index (χ1n) is 9.64. The van der Waals surface area contributed by atoms with Crippen molar-refractivity contribution in [3.8, 4) is 0 Å². The van der Waals surface area contributed by atoms with Gasteiger partial charge in [-0.05, 0) is 38.0 Å². The minimum atomic E-state index is -0.936. The summed E-state index contributed by atoms with van der Waals surface area (Å²) < 4.78 is 0. The molecule has 140 valence electrons. The SMILES string of the molecule is O=C(NCC(=O)N1C(C(=O)O)CC2CCCCC21)NC1CCCCC1. The lowest BCUT2D eigenvalue weighted by Crippen LogP contribution is -2.51. The van der Waals surface area contributed by atoms with Crippen molar-refractivity contribution in [3.63, 3.8) is 0 Å². The maximum absolute atomic E-state index is 12.6. The van der Waals surface area contributed by atoms with Crippen molar-refractivity contribution in [2.75, 3.05) is 6.54 Å². The van der Waals surface area contributed by atoms with Crippen molar-refractivity contribution < 1.29 is 19.5 Å². The number of likely N-dealkylation sites (tertiary alicyclic amines) is 1. The van der Waals surface area contributed by atoms with E-state index in [2.05, 4.69) is 10.6 Å². The van der Waals surface area contributed by atoms with Crippen LogP contribution in [0.15, 0.2) is 0 Å². The maximum atomic E-state index is 12.6. The summed E-state index contributed by atoms with van der Waals surface area (Å²) in [6, 6.07) is -0.869. The van der Waals surface area contributed by atoms with Crippen molar-refractivity contribution in [2.24, 2.45) is 5.92 Å². The van der Waals surface area contributed by atoms with Crippen LogP contribution in [0.25, 0.3) is 0 Å². The normalized spacial score (nSPS) is 29.8. The van der Waals surface area contributed by atoms with Crippen LogP contribution in [0, 0.1) is 5.92 Å². The number of urea groups is 1. The molecule has 3 unspecified atom stereocenters. The Labute approximate surface area is 148 Å². The quantitative estimate of drug-likeness (QED) is 0.720. The van der Waals surface area contributed by atoms with Gasteiger partial charge in [0.25, 0.3) is 0 Å². The third-order valence-corrected chi connectivity index (χ3v) is 6.00. The third-order valence-electron chi connectivity index (χ3n) is 6.00. The molecule has 0 aromatic carbocycles. The van der Waals surface area contributed by atoms with E-state index in [1.165, 1.54) is 11.3 Å². The summed E-state index contributed by atoms with van der Waals surface area (Å²) in [6.45, 7) is -0.133. The summed E-state index contributed by atoms with van der Waals surface area (Å²) in [5, 5.41) is 15.0. The van der Waals surface area contributed by atoms with Gasteiger partial charge in [-0.1, -0.05) is 32.1 Å². The Bertz CT molecular complexity index is 518. The first-order chi connectivity index (χ1) is 12.1. The van der Waals surface area contributed by atoms with Crippen LogP contribution < -0.4 is 10.6 Å². The summed E-state index contributed by atoms with van der Waals surface area (Å²) in [6.07, 6.45) is 9.98. The molecule has 3 rings (SSSR count). The number of hydrogen-bond donors (Lipinski definition) is 3. The first kappa shape index (κ1) is 18.0. The van der Waals surface area contributed by atoms with Crippen molar-refractivity contribution in [3.05, 3.63) is 0 Å². The number of nitrogens with zero attached hydrogens (tertiary/aromatic N) is 1. The van der Waals surface area contributed by atoms with E-state index in [0.29, 0.717) is 6.42 Å². The van der Waals surface area contributed by atoms with Crippen LogP contribution in [-0.2, 0) is 9.59 Å². The van der Waals surface area contributed by atoms with Gasteiger partial charge >= 0.3 is 12.0 Å². The van der Waals surface area contributed by atoms with Crippen LogP contribution in [0.1, 0.15) is 64.2 Å². The summed E-state index contributed by atoms with van der Waals surface area (Å²) >= 11 is 0. The van der Waals surface area contributed by atoms with Crippen molar-refractivity contribution in [1.82, 2.24) is 15.5 Å². The van der Waals surface area contributed by atoms with Crippen LogP contribution in [0.3, 0.4) is 0 Å². The second kappa shape index (κ2) is 8.06. The minimum absolute atomic E-state index is 0.0190. The standard InChI is InChI=1S/C18H29N3O4/c22-16(11-19-18(25)20-13-7-2-1-3-8-13)21-14-9-5-4-6-12(14)10-15(21)17(23)24/h12-15H,1-11H2,(H,23,24)(H2,19,20,25). The number of carbonyl (C=O) groups is 3. The number of hydrogen-bond acceptors (Lipinski definition) is 3. The van der Waals surface area contributed by atoms with E-state index in [9.17, 15) is 19.5 Å². The van der Waals surface area contributed by atoms with Crippen LogP contribution in [0.5, 0.6) is 0 Å². The first-order valence-corrected chi connectivity index (χ1v) is 9.64. The number of carbonyl (C=O) groups excluding carboxylic acids is 2. The van der Waals surface area contributed by atoms with Crippen LogP contribution >= 0.6 is 0 Å². The highest BCUT2D eigenvalue weighted by Crippen LogP contribution is 2.39. The zero-order valence-corrected chi connectivity index (χ0v) is 14.7. The largest absolute Gasteiger partial charge is 0.480 e. The monoisotopic (exact) mass is 351 g/mol.